The van der Waals surface area contributed by atoms with Gasteiger partial charge < -0.3 is 14.2 Å². The number of ether oxygens (including phenoxy) is 1. The van der Waals surface area contributed by atoms with E-state index < -0.39 is 0 Å². The van der Waals surface area contributed by atoms with Gasteiger partial charge in [-0.1, -0.05) is 35.0 Å². The fraction of sp³-hybridized carbons (Fsp3) is 0.318. The van der Waals surface area contributed by atoms with Crippen molar-refractivity contribution in [3.8, 4) is 17.1 Å². The Morgan fingerprint density at radius 1 is 1.11 bits per heavy atom. The highest BCUT2D eigenvalue weighted by atomic mass is 16.5. The molecule has 1 aromatic heterocycles. The summed E-state index contributed by atoms with van der Waals surface area (Å²) in [6, 6.07) is 15.0. The van der Waals surface area contributed by atoms with Crippen molar-refractivity contribution in [1.29, 1.82) is 0 Å². The monoisotopic (exact) mass is 379 g/mol. The van der Waals surface area contributed by atoms with Crippen LogP contribution in [0.25, 0.3) is 11.4 Å². The number of aryl methyl sites for hydroxylation is 1. The normalized spacial score (nSPS) is 10.9. The van der Waals surface area contributed by atoms with Crippen LogP contribution in [0.4, 0.5) is 0 Å². The lowest BCUT2D eigenvalue weighted by molar-refractivity contribution is 0.0667. The van der Waals surface area contributed by atoms with Crippen LogP contribution in [-0.4, -0.2) is 33.6 Å². The van der Waals surface area contributed by atoms with Gasteiger partial charge in [0.05, 0.1) is 6.61 Å². The second-order valence-corrected chi connectivity index (χ2v) is 6.86. The molecule has 3 aromatic rings. The molecule has 0 aliphatic carbocycles. The predicted octanol–water partition coefficient (Wildman–Crippen LogP) is 4.49. The molecule has 3 rings (SSSR count). The Morgan fingerprint density at radius 3 is 2.39 bits per heavy atom. The van der Waals surface area contributed by atoms with E-state index >= 15 is 0 Å². The molecule has 0 saturated carbocycles. The van der Waals surface area contributed by atoms with Crippen LogP contribution < -0.4 is 4.74 Å². The SMILES string of the molecule is CCOc1ccc(C(=O)N(Cc2nc(-c3ccc(C)cc3)no2)C(C)C)cc1. The minimum absolute atomic E-state index is 0.0196. The third-order valence-corrected chi connectivity index (χ3v) is 4.38. The van der Waals surface area contributed by atoms with Crippen molar-refractivity contribution in [3.63, 3.8) is 0 Å². The molecule has 28 heavy (non-hydrogen) atoms. The van der Waals surface area contributed by atoms with Gasteiger partial charge in [-0.2, -0.15) is 4.98 Å². The van der Waals surface area contributed by atoms with Gasteiger partial charge in [-0.25, -0.2) is 0 Å². The zero-order chi connectivity index (χ0) is 20.1. The molecule has 6 heteroatoms. The lowest BCUT2D eigenvalue weighted by atomic mass is 10.1. The molecular weight excluding hydrogens is 354 g/mol. The fourth-order valence-electron chi connectivity index (χ4n) is 2.80. The summed E-state index contributed by atoms with van der Waals surface area (Å²) in [7, 11) is 0. The smallest absolute Gasteiger partial charge is 0.254 e. The Hall–Kier alpha value is -3.15. The molecule has 0 spiro atoms. The summed E-state index contributed by atoms with van der Waals surface area (Å²) in [4.78, 5) is 19.1. The van der Waals surface area contributed by atoms with E-state index in [0.29, 0.717) is 23.9 Å². The number of rotatable bonds is 7. The number of aromatic nitrogens is 2. The second kappa shape index (κ2) is 8.69. The van der Waals surface area contributed by atoms with Gasteiger partial charge in [0.15, 0.2) is 0 Å². The molecular formula is C22H25N3O3. The van der Waals surface area contributed by atoms with Gasteiger partial charge in [0.1, 0.15) is 12.3 Å². The van der Waals surface area contributed by atoms with Gasteiger partial charge in [-0.15, -0.1) is 0 Å². The van der Waals surface area contributed by atoms with Gasteiger partial charge in [-0.3, -0.25) is 4.79 Å². The van der Waals surface area contributed by atoms with Gasteiger partial charge in [0.25, 0.3) is 5.91 Å². The zero-order valence-electron chi connectivity index (χ0n) is 16.7. The van der Waals surface area contributed by atoms with Crippen molar-refractivity contribution in [3.05, 3.63) is 65.5 Å². The van der Waals surface area contributed by atoms with Crippen LogP contribution in [0.2, 0.25) is 0 Å². The van der Waals surface area contributed by atoms with Crippen molar-refractivity contribution in [2.24, 2.45) is 0 Å². The quantitative estimate of drug-likeness (QED) is 0.605. The van der Waals surface area contributed by atoms with Gasteiger partial charge in [0.2, 0.25) is 11.7 Å². The number of hydrogen-bond acceptors (Lipinski definition) is 5. The maximum Gasteiger partial charge on any atom is 0.254 e. The average Bonchev–Trinajstić information content (AvgIpc) is 3.15. The second-order valence-electron chi connectivity index (χ2n) is 6.86. The molecule has 0 aliphatic rings. The summed E-state index contributed by atoms with van der Waals surface area (Å²) >= 11 is 0. The van der Waals surface area contributed by atoms with Crippen LogP contribution in [0.15, 0.2) is 53.1 Å². The van der Waals surface area contributed by atoms with Crippen LogP contribution in [0.1, 0.15) is 42.6 Å². The minimum Gasteiger partial charge on any atom is -0.494 e. The van der Waals surface area contributed by atoms with E-state index in [2.05, 4.69) is 10.1 Å². The summed E-state index contributed by atoms with van der Waals surface area (Å²) in [6.45, 7) is 8.72. The van der Waals surface area contributed by atoms with E-state index in [0.717, 1.165) is 11.3 Å². The predicted molar refractivity (Wildman–Crippen MR) is 107 cm³/mol. The summed E-state index contributed by atoms with van der Waals surface area (Å²) in [5.41, 5.74) is 2.64. The molecule has 0 radical (unpaired) electrons. The highest BCUT2D eigenvalue weighted by molar-refractivity contribution is 5.94. The zero-order valence-corrected chi connectivity index (χ0v) is 16.7. The maximum atomic E-state index is 13.0. The molecule has 0 unspecified atom stereocenters. The molecule has 2 aromatic carbocycles. The van der Waals surface area contributed by atoms with Gasteiger partial charge >= 0.3 is 0 Å². The first kappa shape index (κ1) is 19.6. The highest BCUT2D eigenvalue weighted by Gasteiger charge is 2.22. The summed E-state index contributed by atoms with van der Waals surface area (Å²) in [6.07, 6.45) is 0. The highest BCUT2D eigenvalue weighted by Crippen LogP contribution is 2.19. The Balaban J connectivity index is 1.76. The van der Waals surface area contributed by atoms with Crippen LogP contribution in [0.5, 0.6) is 5.75 Å². The van der Waals surface area contributed by atoms with Crippen molar-refractivity contribution in [1.82, 2.24) is 15.0 Å². The number of amides is 1. The van der Waals surface area contributed by atoms with E-state index in [1.807, 2.05) is 52.0 Å². The van der Waals surface area contributed by atoms with E-state index in [1.54, 1.807) is 29.2 Å². The van der Waals surface area contributed by atoms with Gasteiger partial charge in [0, 0.05) is 17.2 Å². The average molecular weight is 379 g/mol. The van der Waals surface area contributed by atoms with Crippen LogP contribution in [0.3, 0.4) is 0 Å². The molecule has 0 saturated heterocycles. The van der Waals surface area contributed by atoms with Gasteiger partial charge in [-0.05, 0) is 52.0 Å². The summed E-state index contributed by atoms with van der Waals surface area (Å²) in [5, 5.41) is 4.05. The van der Waals surface area contributed by atoms with Crippen molar-refractivity contribution < 1.29 is 14.1 Å². The third-order valence-electron chi connectivity index (χ3n) is 4.38. The Bertz CT molecular complexity index is 915. The van der Waals surface area contributed by atoms with E-state index in [1.165, 1.54) is 5.56 Å². The van der Waals surface area contributed by atoms with E-state index in [9.17, 15) is 4.79 Å². The number of hydrogen-bond donors (Lipinski definition) is 0. The van der Waals surface area contributed by atoms with E-state index in [4.69, 9.17) is 9.26 Å². The molecule has 6 nitrogen and oxygen atoms in total. The molecule has 1 amide bonds. The number of carbonyl (C=O) groups excluding carboxylic acids is 1. The first-order valence-corrected chi connectivity index (χ1v) is 9.41. The third kappa shape index (κ3) is 4.57. The van der Waals surface area contributed by atoms with Crippen LogP contribution in [-0.2, 0) is 6.54 Å². The number of carbonyl (C=O) groups is 1. The summed E-state index contributed by atoms with van der Waals surface area (Å²) in [5.74, 6) is 1.58. The molecule has 146 valence electrons. The van der Waals surface area contributed by atoms with E-state index in [-0.39, 0.29) is 18.5 Å². The Morgan fingerprint density at radius 2 is 1.79 bits per heavy atom. The molecule has 0 N–H and O–H groups in total. The summed E-state index contributed by atoms with van der Waals surface area (Å²) < 4.78 is 10.8. The minimum atomic E-state index is -0.0897. The fourth-order valence-corrected chi connectivity index (χ4v) is 2.80. The molecule has 0 bridgehead atoms. The molecule has 1 heterocycles. The number of nitrogens with zero attached hydrogens (tertiary/aromatic N) is 3. The first-order chi connectivity index (χ1) is 13.5. The lowest BCUT2D eigenvalue weighted by Crippen LogP contribution is -2.36. The molecule has 0 atom stereocenters. The van der Waals surface area contributed by atoms with Crippen LogP contribution >= 0.6 is 0 Å². The Kier molecular flexibility index (Phi) is 6.09. The largest absolute Gasteiger partial charge is 0.494 e. The number of benzene rings is 2. The van der Waals surface area contributed by atoms with Crippen molar-refractivity contribution in [2.45, 2.75) is 40.3 Å². The van der Waals surface area contributed by atoms with Crippen LogP contribution in [0, 0.1) is 6.92 Å². The standard InChI is InChI=1S/C22H25N3O3/c1-5-27-19-12-10-18(11-13-19)22(26)25(15(2)3)14-20-23-21(24-28-20)17-8-6-16(4)7-9-17/h6-13,15H,5,14H2,1-4H3. The topological polar surface area (TPSA) is 68.5 Å². The maximum absolute atomic E-state index is 13.0. The van der Waals surface area contributed by atoms with Crippen molar-refractivity contribution >= 4 is 5.91 Å². The van der Waals surface area contributed by atoms with Crippen molar-refractivity contribution in [2.75, 3.05) is 6.61 Å². The lowest BCUT2D eigenvalue weighted by Gasteiger charge is -2.25. The first-order valence-electron chi connectivity index (χ1n) is 9.41. The Labute approximate surface area is 165 Å². The molecule has 0 aliphatic heterocycles. The molecule has 0 fully saturated rings.